The summed E-state index contributed by atoms with van der Waals surface area (Å²) in [5.74, 6) is 0. The molecule has 0 aromatic carbocycles. The minimum atomic E-state index is 0.944. The van der Waals surface area contributed by atoms with E-state index in [1.807, 2.05) is 22.7 Å². The molecule has 3 rings (SSSR count). The second-order valence-electron chi connectivity index (χ2n) is 3.56. The van der Waals surface area contributed by atoms with Gasteiger partial charge in [-0.05, 0) is 13.8 Å². The van der Waals surface area contributed by atoms with Crippen molar-refractivity contribution in [2.75, 3.05) is 0 Å². The van der Waals surface area contributed by atoms with E-state index in [1.54, 1.807) is 0 Å². The van der Waals surface area contributed by atoms with Crippen LogP contribution in [0.15, 0.2) is 0 Å². The molecule has 2 aromatic heterocycles. The molecule has 0 N–H and O–H groups in total. The quantitative estimate of drug-likeness (QED) is 0.584. The van der Waals surface area contributed by atoms with Crippen LogP contribution in [0.2, 0.25) is 0 Å². The van der Waals surface area contributed by atoms with Crippen molar-refractivity contribution in [3.63, 3.8) is 0 Å². The Hall–Kier alpha value is -0.740. The second kappa shape index (κ2) is 2.87. The molecule has 0 saturated carbocycles. The summed E-state index contributed by atoms with van der Waals surface area (Å²) >= 11 is 3.66. The van der Waals surface area contributed by atoms with Crippen molar-refractivity contribution in [2.24, 2.45) is 0 Å². The van der Waals surface area contributed by atoms with Crippen molar-refractivity contribution in [3.8, 4) is 0 Å². The molecule has 1 aliphatic rings. The van der Waals surface area contributed by atoms with Gasteiger partial charge in [0, 0.05) is 22.6 Å². The Balaban J connectivity index is 2.10. The van der Waals surface area contributed by atoms with Crippen LogP contribution in [0.1, 0.15) is 31.2 Å². The van der Waals surface area contributed by atoms with Gasteiger partial charge >= 0.3 is 0 Å². The smallest absolute Gasteiger partial charge is 0.0900 e. The number of fused-ring (bicyclic) bond motifs is 2. The maximum absolute atomic E-state index is 4.54. The fourth-order valence-corrected chi connectivity index (χ4v) is 3.90. The first kappa shape index (κ1) is 8.56. The summed E-state index contributed by atoms with van der Waals surface area (Å²) in [5.41, 5.74) is 2.51. The molecular formula is C10H10N2S2. The molecule has 0 fully saturated rings. The number of nitrogens with zero attached hydrogens (tertiary/aromatic N) is 2. The molecule has 0 bridgehead atoms. The molecule has 0 unspecified atom stereocenters. The third-order valence-corrected chi connectivity index (χ3v) is 4.45. The number of rotatable bonds is 0. The van der Waals surface area contributed by atoms with Gasteiger partial charge in [-0.3, -0.25) is 0 Å². The van der Waals surface area contributed by atoms with Gasteiger partial charge in [-0.25, -0.2) is 9.97 Å². The molecule has 0 spiro atoms. The van der Waals surface area contributed by atoms with Gasteiger partial charge in [-0.15, -0.1) is 22.7 Å². The molecule has 0 saturated heterocycles. The zero-order valence-electron chi connectivity index (χ0n) is 8.13. The van der Waals surface area contributed by atoms with E-state index in [0.29, 0.717) is 0 Å². The predicted octanol–water partition coefficient (Wildman–Crippen LogP) is 2.71. The maximum atomic E-state index is 4.54. The van der Waals surface area contributed by atoms with Gasteiger partial charge < -0.3 is 0 Å². The van der Waals surface area contributed by atoms with Gasteiger partial charge in [0.05, 0.1) is 21.4 Å². The average Bonchev–Trinajstić information content (AvgIpc) is 2.59. The zero-order valence-corrected chi connectivity index (χ0v) is 9.76. The number of thiazole rings is 2. The van der Waals surface area contributed by atoms with Gasteiger partial charge in [0.25, 0.3) is 0 Å². The molecule has 72 valence electrons. The van der Waals surface area contributed by atoms with E-state index in [0.717, 1.165) is 12.8 Å². The average molecular weight is 222 g/mol. The van der Waals surface area contributed by atoms with E-state index in [4.69, 9.17) is 0 Å². The summed E-state index contributed by atoms with van der Waals surface area (Å²) in [4.78, 5) is 12.0. The minimum Gasteiger partial charge on any atom is -0.246 e. The van der Waals surface area contributed by atoms with Crippen LogP contribution in [0.3, 0.4) is 0 Å². The molecule has 2 aromatic rings. The summed E-state index contributed by atoms with van der Waals surface area (Å²) in [5, 5.41) is 2.36. The topological polar surface area (TPSA) is 25.8 Å². The molecule has 4 heteroatoms. The Morgan fingerprint density at radius 2 is 1.36 bits per heavy atom. The normalized spacial score (nSPS) is 13.9. The Kier molecular flexibility index (Phi) is 1.76. The van der Waals surface area contributed by atoms with Gasteiger partial charge in [0.2, 0.25) is 0 Å². The lowest BCUT2D eigenvalue weighted by atomic mass is 10.1. The third kappa shape index (κ3) is 1.21. The first-order valence-electron chi connectivity index (χ1n) is 4.63. The van der Waals surface area contributed by atoms with Crippen molar-refractivity contribution in [1.82, 2.24) is 9.97 Å². The molecule has 0 aliphatic heterocycles. The first-order valence-corrected chi connectivity index (χ1v) is 6.26. The zero-order chi connectivity index (χ0) is 9.71. The van der Waals surface area contributed by atoms with Gasteiger partial charge in [-0.1, -0.05) is 0 Å². The van der Waals surface area contributed by atoms with Crippen LogP contribution >= 0.6 is 22.7 Å². The molecule has 2 heterocycles. The van der Waals surface area contributed by atoms with E-state index >= 15 is 0 Å². The summed E-state index contributed by atoms with van der Waals surface area (Å²) < 4.78 is 0. The predicted molar refractivity (Wildman–Crippen MR) is 59.3 cm³/mol. The summed E-state index contributed by atoms with van der Waals surface area (Å²) in [6.07, 6.45) is 2.00. The largest absolute Gasteiger partial charge is 0.246 e. The Bertz CT molecular complexity index is 411. The van der Waals surface area contributed by atoms with Crippen molar-refractivity contribution in [1.29, 1.82) is 0 Å². The van der Waals surface area contributed by atoms with Gasteiger partial charge in [0.1, 0.15) is 0 Å². The lowest BCUT2D eigenvalue weighted by Crippen LogP contribution is -2.03. The standard InChI is InChI=1S/C10H10N2S2/c1-5-11-7-3-8-10(4-9(7)13-5)14-6(2)12-8/h3-4H2,1-2H3. The fourth-order valence-electron chi connectivity index (χ4n) is 1.88. The lowest BCUT2D eigenvalue weighted by molar-refractivity contribution is 0.946. The first-order chi connectivity index (χ1) is 6.72. The van der Waals surface area contributed by atoms with Crippen LogP contribution < -0.4 is 0 Å². The van der Waals surface area contributed by atoms with Gasteiger partial charge in [0.15, 0.2) is 0 Å². The van der Waals surface area contributed by atoms with Crippen molar-refractivity contribution in [3.05, 3.63) is 31.2 Å². The fraction of sp³-hybridized carbons (Fsp3) is 0.400. The van der Waals surface area contributed by atoms with Crippen LogP contribution in [0, 0.1) is 13.8 Å². The van der Waals surface area contributed by atoms with Crippen molar-refractivity contribution >= 4 is 22.7 Å². The van der Waals surface area contributed by atoms with E-state index in [2.05, 4.69) is 23.8 Å². The van der Waals surface area contributed by atoms with Crippen molar-refractivity contribution < 1.29 is 0 Å². The van der Waals surface area contributed by atoms with Crippen LogP contribution in [0.25, 0.3) is 0 Å². The maximum Gasteiger partial charge on any atom is 0.0900 e. The summed E-state index contributed by atoms with van der Waals surface area (Å²) in [6, 6.07) is 0. The highest BCUT2D eigenvalue weighted by atomic mass is 32.1. The number of aryl methyl sites for hydroxylation is 2. The Morgan fingerprint density at radius 1 is 0.857 bits per heavy atom. The summed E-state index contributed by atoms with van der Waals surface area (Å²) in [7, 11) is 0. The molecule has 0 radical (unpaired) electrons. The molecule has 0 amide bonds. The second-order valence-corrected chi connectivity index (χ2v) is 6.13. The molecular weight excluding hydrogens is 212 g/mol. The SMILES string of the molecule is Cc1nc2c(s1)Cc1sc(C)nc1C2. The molecule has 1 aliphatic carbocycles. The monoisotopic (exact) mass is 222 g/mol. The van der Waals surface area contributed by atoms with Crippen LogP contribution in [0.4, 0.5) is 0 Å². The van der Waals surface area contributed by atoms with Crippen molar-refractivity contribution in [2.45, 2.75) is 26.7 Å². The highest BCUT2D eigenvalue weighted by Gasteiger charge is 2.21. The van der Waals surface area contributed by atoms with Crippen LogP contribution in [-0.2, 0) is 12.8 Å². The Labute approximate surface area is 90.7 Å². The molecule has 2 nitrogen and oxygen atoms in total. The van der Waals surface area contributed by atoms with E-state index in [-0.39, 0.29) is 0 Å². The third-order valence-electron chi connectivity index (χ3n) is 2.43. The number of hydrogen-bond acceptors (Lipinski definition) is 4. The number of aromatic nitrogens is 2. The van der Waals surface area contributed by atoms with E-state index in [1.165, 1.54) is 31.2 Å². The number of hydrogen-bond donors (Lipinski definition) is 0. The summed E-state index contributed by atoms with van der Waals surface area (Å²) in [6.45, 7) is 4.16. The Morgan fingerprint density at radius 3 is 1.86 bits per heavy atom. The van der Waals surface area contributed by atoms with E-state index < -0.39 is 0 Å². The van der Waals surface area contributed by atoms with Crippen LogP contribution in [-0.4, -0.2) is 9.97 Å². The van der Waals surface area contributed by atoms with Gasteiger partial charge in [-0.2, -0.15) is 0 Å². The minimum absolute atomic E-state index is 0.944. The highest BCUT2D eigenvalue weighted by molar-refractivity contribution is 7.13. The van der Waals surface area contributed by atoms with E-state index in [9.17, 15) is 0 Å². The lowest BCUT2D eigenvalue weighted by Gasteiger charge is -2.07. The molecule has 14 heavy (non-hydrogen) atoms. The van der Waals surface area contributed by atoms with Crippen LogP contribution in [0.5, 0.6) is 0 Å². The molecule has 0 atom stereocenters. The highest BCUT2D eigenvalue weighted by Crippen LogP contribution is 2.33.